The van der Waals surface area contributed by atoms with Gasteiger partial charge in [0.2, 0.25) is 6.19 Å². The van der Waals surface area contributed by atoms with Gasteiger partial charge in [-0.05, 0) is 13.2 Å². The maximum atomic E-state index is 8.41. The topological polar surface area (TPSA) is 63.2 Å². The van der Waals surface area contributed by atoms with Crippen LogP contribution in [0.25, 0.3) is 0 Å². The van der Waals surface area contributed by atoms with E-state index >= 15 is 0 Å². The first kappa shape index (κ1) is 11.8. The quantitative estimate of drug-likeness (QED) is 0.389. The predicted octanol–water partition coefficient (Wildman–Crippen LogP) is 1.42. The van der Waals surface area contributed by atoms with Crippen molar-refractivity contribution >= 4 is 16.9 Å². The largest absolute Gasteiger partial charge is 0.350 e. The number of rotatable bonds is 3. The van der Waals surface area contributed by atoms with Crippen molar-refractivity contribution in [2.75, 3.05) is 19.3 Å². The molecule has 4 nitrogen and oxygen atoms in total. The van der Waals surface area contributed by atoms with Gasteiger partial charge in [0.1, 0.15) is 0 Å². The van der Waals surface area contributed by atoms with Crippen LogP contribution in [-0.2, 0) is 0 Å². The molecule has 0 aromatic carbocycles. The molecule has 0 amide bonds. The summed E-state index contributed by atoms with van der Waals surface area (Å²) in [5.41, 5.74) is 0. The van der Waals surface area contributed by atoms with Crippen LogP contribution in [0.4, 0.5) is 0 Å². The number of hydrogen-bond donors (Lipinski definition) is 0. The van der Waals surface area contributed by atoms with Crippen molar-refractivity contribution in [1.82, 2.24) is 4.90 Å². The molecule has 70 valence electrons. The fraction of sp³-hybridized carbons (Fsp3) is 0.625. The molecule has 13 heavy (non-hydrogen) atoms. The molecule has 0 fully saturated rings. The third kappa shape index (κ3) is 4.39. The third-order valence-electron chi connectivity index (χ3n) is 1.47. The highest BCUT2D eigenvalue weighted by molar-refractivity contribution is 8.13. The monoisotopic (exact) mass is 196 g/mol. The fourth-order valence-electron chi connectivity index (χ4n) is 0.862. The van der Waals surface area contributed by atoms with Crippen LogP contribution in [-0.4, -0.2) is 29.4 Å². The van der Waals surface area contributed by atoms with E-state index in [0.29, 0.717) is 18.1 Å². The molecule has 0 heterocycles. The summed E-state index contributed by atoms with van der Waals surface area (Å²) < 4.78 is 0. The Morgan fingerprint density at radius 3 is 2.62 bits per heavy atom. The van der Waals surface area contributed by atoms with Crippen molar-refractivity contribution < 1.29 is 0 Å². The van der Waals surface area contributed by atoms with Crippen LogP contribution in [0.3, 0.4) is 0 Å². The van der Waals surface area contributed by atoms with E-state index in [1.54, 1.807) is 6.19 Å². The average Bonchev–Trinajstić information content (AvgIpc) is 2.17. The number of nitrogens with zero attached hydrogens (tertiary/aromatic N) is 4. The molecule has 0 spiro atoms. The molecule has 0 N–H and O–H groups in total. The SMILES string of the molecule is CCN(CCC#N)C(=NC#N)SC. The summed E-state index contributed by atoms with van der Waals surface area (Å²) in [6, 6.07) is 2.06. The Bertz CT molecular complexity index is 248. The van der Waals surface area contributed by atoms with Crippen LogP contribution in [0.2, 0.25) is 0 Å². The number of aliphatic imine (C=N–C) groups is 1. The maximum Gasteiger partial charge on any atom is 0.208 e. The summed E-state index contributed by atoms with van der Waals surface area (Å²) in [5, 5.41) is 17.5. The van der Waals surface area contributed by atoms with Gasteiger partial charge in [0.25, 0.3) is 0 Å². The van der Waals surface area contributed by atoms with E-state index in [2.05, 4.69) is 11.1 Å². The third-order valence-corrected chi connectivity index (χ3v) is 2.19. The van der Waals surface area contributed by atoms with Gasteiger partial charge in [-0.15, -0.1) is 4.99 Å². The summed E-state index contributed by atoms with van der Waals surface area (Å²) in [6.45, 7) is 3.37. The smallest absolute Gasteiger partial charge is 0.208 e. The highest BCUT2D eigenvalue weighted by Gasteiger charge is 2.06. The van der Waals surface area contributed by atoms with Gasteiger partial charge < -0.3 is 4.90 Å². The lowest BCUT2D eigenvalue weighted by Crippen LogP contribution is -2.29. The van der Waals surface area contributed by atoms with Gasteiger partial charge in [-0.1, -0.05) is 11.8 Å². The molecular formula is C8H12N4S. The van der Waals surface area contributed by atoms with Crippen LogP contribution < -0.4 is 0 Å². The highest BCUT2D eigenvalue weighted by atomic mass is 32.2. The van der Waals surface area contributed by atoms with Crippen molar-refractivity contribution in [3.05, 3.63) is 0 Å². The van der Waals surface area contributed by atoms with Crippen LogP contribution in [0, 0.1) is 22.8 Å². The lowest BCUT2D eigenvalue weighted by atomic mass is 10.4. The Kier molecular flexibility index (Phi) is 6.76. The lowest BCUT2D eigenvalue weighted by molar-refractivity contribution is 0.459. The summed E-state index contributed by atoms with van der Waals surface area (Å²) in [7, 11) is 0. The van der Waals surface area contributed by atoms with Gasteiger partial charge in [0, 0.05) is 13.1 Å². The van der Waals surface area contributed by atoms with E-state index in [1.165, 1.54) is 11.8 Å². The van der Waals surface area contributed by atoms with E-state index in [1.807, 2.05) is 18.1 Å². The molecule has 0 radical (unpaired) electrons. The lowest BCUT2D eigenvalue weighted by Gasteiger charge is -2.20. The summed E-state index contributed by atoms with van der Waals surface area (Å²) in [4.78, 5) is 5.58. The number of nitriles is 2. The molecule has 0 aromatic heterocycles. The first-order chi connectivity index (χ1) is 6.29. The first-order valence-electron chi connectivity index (χ1n) is 3.92. The standard InChI is InChI=1S/C8H12N4S/c1-3-12(6-4-5-9)8(13-2)11-7-10/h3-4,6H2,1-2H3. The molecule has 0 saturated heterocycles. The van der Waals surface area contributed by atoms with E-state index in [4.69, 9.17) is 10.5 Å². The minimum absolute atomic E-state index is 0.457. The van der Waals surface area contributed by atoms with E-state index in [9.17, 15) is 0 Å². The zero-order valence-electron chi connectivity index (χ0n) is 7.82. The van der Waals surface area contributed by atoms with E-state index in [0.717, 1.165) is 6.54 Å². The molecular weight excluding hydrogens is 184 g/mol. The van der Waals surface area contributed by atoms with Crippen LogP contribution in [0.5, 0.6) is 0 Å². The number of amidine groups is 1. The molecule has 0 aromatic rings. The van der Waals surface area contributed by atoms with Gasteiger partial charge >= 0.3 is 0 Å². The molecule has 0 aliphatic rings. The van der Waals surface area contributed by atoms with Gasteiger partial charge in [0.05, 0.1) is 12.5 Å². The zero-order valence-corrected chi connectivity index (χ0v) is 8.63. The van der Waals surface area contributed by atoms with Crippen molar-refractivity contribution in [2.24, 2.45) is 4.99 Å². The van der Waals surface area contributed by atoms with Crippen LogP contribution in [0.15, 0.2) is 4.99 Å². The minimum Gasteiger partial charge on any atom is -0.350 e. The maximum absolute atomic E-state index is 8.41. The predicted molar refractivity (Wildman–Crippen MR) is 54.0 cm³/mol. The average molecular weight is 196 g/mol. The molecule has 0 bridgehead atoms. The second kappa shape index (κ2) is 7.45. The van der Waals surface area contributed by atoms with E-state index in [-0.39, 0.29) is 0 Å². The molecule has 5 heteroatoms. The van der Waals surface area contributed by atoms with Crippen molar-refractivity contribution in [3.63, 3.8) is 0 Å². The summed E-state index contributed by atoms with van der Waals surface area (Å²) >= 11 is 1.42. The minimum atomic E-state index is 0.457. The van der Waals surface area contributed by atoms with Gasteiger partial charge in [-0.25, -0.2) is 0 Å². The zero-order chi connectivity index (χ0) is 10.1. The molecule has 0 aliphatic carbocycles. The molecule has 0 aliphatic heterocycles. The van der Waals surface area contributed by atoms with Crippen LogP contribution in [0.1, 0.15) is 13.3 Å². The Morgan fingerprint density at radius 2 is 2.23 bits per heavy atom. The summed E-state index contributed by atoms with van der Waals surface area (Å²) in [6.07, 6.45) is 4.08. The van der Waals surface area contributed by atoms with Crippen LogP contribution >= 0.6 is 11.8 Å². The number of hydrogen-bond acceptors (Lipinski definition) is 4. The molecule has 0 atom stereocenters. The Morgan fingerprint density at radius 1 is 1.54 bits per heavy atom. The van der Waals surface area contributed by atoms with Crippen molar-refractivity contribution in [3.8, 4) is 12.3 Å². The van der Waals surface area contributed by atoms with Gasteiger partial charge in [0.15, 0.2) is 5.17 Å². The molecule has 0 rings (SSSR count). The normalized spacial score (nSPS) is 10.3. The molecule has 0 saturated carbocycles. The fourth-order valence-corrected chi connectivity index (χ4v) is 1.47. The second-order valence-corrected chi connectivity index (χ2v) is 2.96. The second-order valence-electron chi connectivity index (χ2n) is 2.19. The first-order valence-corrected chi connectivity index (χ1v) is 5.15. The van der Waals surface area contributed by atoms with Gasteiger partial charge in [-0.3, -0.25) is 0 Å². The Labute approximate surface area is 82.9 Å². The number of thioether (sulfide) groups is 1. The Hall–Kier alpha value is -1.20. The van der Waals surface area contributed by atoms with Crippen molar-refractivity contribution in [1.29, 1.82) is 10.5 Å². The summed E-state index contributed by atoms with van der Waals surface area (Å²) in [5.74, 6) is 0. The van der Waals surface area contributed by atoms with Gasteiger partial charge in [-0.2, -0.15) is 10.5 Å². The Balaban J connectivity index is 4.29. The highest BCUT2D eigenvalue weighted by Crippen LogP contribution is 2.05. The van der Waals surface area contributed by atoms with E-state index < -0.39 is 0 Å². The van der Waals surface area contributed by atoms with Crippen molar-refractivity contribution in [2.45, 2.75) is 13.3 Å². The molecule has 0 unspecified atom stereocenters.